The van der Waals surface area contributed by atoms with Crippen molar-refractivity contribution >= 4 is 17.0 Å². The zero-order chi connectivity index (χ0) is 13.6. The van der Waals surface area contributed by atoms with Crippen molar-refractivity contribution in [3.8, 4) is 0 Å². The molecule has 1 aromatic carbocycles. The van der Waals surface area contributed by atoms with Gasteiger partial charge in [0.1, 0.15) is 0 Å². The van der Waals surface area contributed by atoms with Crippen LogP contribution in [0.25, 0.3) is 11.0 Å². The minimum atomic E-state index is 0.503. The predicted molar refractivity (Wildman–Crippen MR) is 80.1 cm³/mol. The Morgan fingerprint density at radius 3 is 2.79 bits per heavy atom. The van der Waals surface area contributed by atoms with Crippen molar-refractivity contribution in [1.29, 1.82) is 0 Å². The van der Waals surface area contributed by atoms with Crippen LogP contribution in [0.3, 0.4) is 0 Å². The Hall–Kier alpha value is -1.51. The SMILES string of the molecule is Cc1cccc2c1nc(N)n2C1CCC(C)CC1C. The maximum atomic E-state index is 6.20. The van der Waals surface area contributed by atoms with Gasteiger partial charge in [-0.25, -0.2) is 4.98 Å². The van der Waals surface area contributed by atoms with Crippen molar-refractivity contribution in [2.75, 3.05) is 5.73 Å². The highest BCUT2D eigenvalue weighted by Crippen LogP contribution is 2.39. The summed E-state index contributed by atoms with van der Waals surface area (Å²) in [5, 5.41) is 0. The molecule has 102 valence electrons. The summed E-state index contributed by atoms with van der Waals surface area (Å²) in [6, 6.07) is 6.86. The fourth-order valence-electron chi connectivity index (χ4n) is 3.66. The molecule has 0 amide bonds. The molecule has 19 heavy (non-hydrogen) atoms. The molecule has 0 spiro atoms. The Bertz CT molecular complexity index is 599. The molecule has 1 heterocycles. The molecule has 2 aromatic rings. The lowest BCUT2D eigenvalue weighted by molar-refractivity contribution is 0.213. The van der Waals surface area contributed by atoms with Crippen molar-refractivity contribution in [1.82, 2.24) is 9.55 Å². The number of anilines is 1. The molecule has 1 aliphatic rings. The molecule has 3 heteroatoms. The van der Waals surface area contributed by atoms with Gasteiger partial charge in [-0.2, -0.15) is 0 Å². The first-order valence-electron chi connectivity index (χ1n) is 7.31. The second-order valence-electron chi connectivity index (χ2n) is 6.25. The molecule has 2 N–H and O–H groups in total. The molecule has 0 aliphatic heterocycles. The van der Waals surface area contributed by atoms with Crippen molar-refractivity contribution in [2.24, 2.45) is 11.8 Å². The number of para-hydroxylation sites is 1. The molecule has 1 saturated carbocycles. The van der Waals surface area contributed by atoms with Gasteiger partial charge in [-0.05, 0) is 49.7 Å². The lowest BCUT2D eigenvalue weighted by atomic mass is 9.79. The lowest BCUT2D eigenvalue weighted by Gasteiger charge is -2.34. The predicted octanol–water partition coefficient (Wildman–Crippen LogP) is 3.92. The number of rotatable bonds is 1. The van der Waals surface area contributed by atoms with E-state index in [4.69, 9.17) is 5.73 Å². The van der Waals surface area contributed by atoms with Crippen molar-refractivity contribution in [3.05, 3.63) is 23.8 Å². The van der Waals surface area contributed by atoms with Gasteiger partial charge in [0.2, 0.25) is 5.95 Å². The first-order valence-corrected chi connectivity index (χ1v) is 7.31. The van der Waals surface area contributed by atoms with E-state index in [0.717, 1.165) is 11.4 Å². The molecule has 0 bridgehead atoms. The molecule has 1 fully saturated rings. The number of benzene rings is 1. The number of aryl methyl sites for hydroxylation is 1. The minimum absolute atomic E-state index is 0.503. The fraction of sp³-hybridized carbons (Fsp3) is 0.562. The highest BCUT2D eigenvalue weighted by atomic mass is 15.2. The molecule has 0 saturated heterocycles. The number of hydrogen-bond donors (Lipinski definition) is 1. The third-order valence-corrected chi connectivity index (χ3v) is 4.67. The Morgan fingerprint density at radius 1 is 1.26 bits per heavy atom. The van der Waals surface area contributed by atoms with E-state index in [9.17, 15) is 0 Å². The van der Waals surface area contributed by atoms with E-state index in [0.29, 0.717) is 17.9 Å². The molecule has 3 atom stereocenters. The summed E-state index contributed by atoms with van der Waals surface area (Å²) in [5.41, 5.74) is 9.67. The van der Waals surface area contributed by atoms with E-state index >= 15 is 0 Å². The van der Waals surface area contributed by atoms with E-state index in [1.165, 1.54) is 30.3 Å². The molecule has 3 nitrogen and oxygen atoms in total. The fourth-order valence-corrected chi connectivity index (χ4v) is 3.66. The van der Waals surface area contributed by atoms with Crippen LogP contribution in [0.5, 0.6) is 0 Å². The maximum Gasteiger partial charge on any atom is 0.201 e. The minimum Gasteiger partial charge on any atom is -0.369 e. The van der Waals surface area contributed by atoms with Crippen LogP contribution in [0.4, 0.5) is 5.95 Å². The van der Waals surface area contributed by atoms with Crippen LogP contribution in [0.2, 0.25) is 0 Å². The number of nitrogen functional groups attached to an aromatic ring is 1. The number of imidazole rings is 1. The van der Waals surface area contributed by atoms with Gasteiger partial charge in [0.05, 0.1) is 11.0 Å². The zero-order valence-electron chi connectivity index (χ0n) is 12.1. The quantitative estimate of drug-likeness (QED) is 0.841. The van der Waals surface area contributed by atoms with Crippen LogP contribution < -0.4 is 5.73 Å². The highest BCUT2D eigenvalue weighted by Gasteiger charge is 2.29. The Balaban J connectivity index is 2.10. The summed E-state index contributed by atoms with van der Waals surface area (Å²) in [5.74, 6) is 2.18. The topological polar surface area (TPSA) is 43.8 Å². The Kier molecular flexibility index (Phi) is 3.00. The standard InChI is InChI=1S/C16H23N3/c1-10-7-8-13(12(3)9-10)19-14-6-4-5-11(2)15(14)18-16(19)17/h4-6,10,12-13H,7-9H2,1-3H3,(H2,17,18). The summed E-state index contributed by atoms with van der Waals surface area (Å²) in [6.45, 7) is 6.80. The first kappa shape index (κ1) is 12.5. The van der Waals surface area contributed by atoms with Crippen molar-refractivity contribution in [2.45, 2.75) is 46.1 Å². The van der Waals surface area contributed by atoms with Crippen LogP contribution >= 0.6 is 0 Å². The third-order valence-electron chi connectivity index (χ3n) is 4.67. The normalized spacial score (nSPS) is 27.8. The monoisotopic (exact) mass is 257 g/mol. The van der Waals surface area contributed by atoms with Gasteiger partial charge in [0.25, 0.3) is 0 Å². The number of fused-ring (bicyclic) bond motifs is 1. The van der Waals surface area contributed by atoms with Gasteiger partial charge in [0, 0.05) is 6.04 Å². The first-order chi connectivity index (χ1) is 9.08. The van der Waals surface area contributed by atoms with Crippen LogP contribution in [0.1, 0.15) is 44.7 Å². The summed E-state index contributed by atoms with van der Waals surface area (Å²) in [4.78, 5) is 4.58. The average molecular weight is 257 g/mol. The summed E-state index contributed by atoms with van der Waals surface area (Å²) >= 11 is 0. The van der Waals surface area contributed by atoms with Crippen molar-refractivity contribution < 1.29 is 0 Å². The molecule has 1 aromatic heterocycles. The molecule has 3 rings (SSSR count). The highest BCUT2D eigenvalue weighted by molar-refractivity contribution is 5.81. The number of aromatic nitrogens is 2. The second-order valence-corrected chi connectivity index (χ2v) is 6.25. The summed E-state index contributed by atoms with van der Waals surface area (Å²) in [7, 11) is 0. The van der Waals surface area contributed by atoms with Crippen LogP contribution in [0.15, 0.2) is 18.2 Å². The maximum absolute atomic E-state index is 6.20. The average Bonchev–Trinajstić information content (AvgIpc) is 2.68. The van der Waals surface area contributed by atoms with Gasteiger partial charge in [-0.3, -0.25) is 0 Å². The smallest absolute Gasteiger partial charge is 0.201 e. The number of nitrogens with two attached hydrogens (primary N) is 1. The lowest BCUT2D eigenvalue weighted by Crippen LogP contribution is -2.25. The second kappa shape index (κ2) is 4.55. The van der Waals surface area contributed by atoms with E-state index in [1.54, 1.807) is 0 Å². The van der Waals surface area contributed by atoms with Crippen LogP contribution in [-0.4, -0.2) is 9.55 Å². The molecule has 1 aliphatic carbocycles. The van der Waals surface area contributed by atoms with Gasteiger partial charge < -0.3 is 10.3 Å². The molecular weight excluding hydrogens is 234 g/mol. The van der Waals surface area contributed by atoms with Gasteiger partial charge in [0.15, 0.2) is 0 Å². The van der Waals surface area contributed by atoms with E-state index in [1.807, 2.05) is 0 Å². The molecular formula is C16H23N3. The number of nitrogens with zero attached hydrogens (tertiary/aromatic N) is 2. The zero-order valence-corrected chi connectivity index (χ0v) is 12.1. The van der Waals surface area contributed by atoms with E-state index in [2.05, 4.69) is 48.5 Å². The molecule has 0 radical (unpaired) electrons. The van der Waals surface area contributed by atoms with E-state index in [-0.39, 0.29) is 0 Å². The van der Waals surface area contributed by atoms with Gasteiger partial charge in [-0.15, -0.1) is 0 Å². The summed E-state index contributed by atoms with van der Waals surface area (Å²) < 4.78 is 2.28. The van der Waals surface area contributed by atoms with Crippen LogP contribution in [0, 0.1) is 18.8 Å². The van der Waals surface area contributed by atoms with Crippen molar-refractivity contribution in [3.63, 3.8) is 0 Å². The van der Waals surface area contributed by atoms with Gasteiger partial charge in [-0.1, -0.05) is 26.0 Å². The largest absolute Gasteiger partial charge is 0.369 e. The van der Waals surface area contributed by atoms with Gasteiger partial charge >= 0.3 is 0 Å². The number of hydrogen-bond acceptors (Lipinski definition) is 2. The Labute approximate surface area is 114 Å². The molecule has 3 unspecified atom stereocenters. The Morgan fingerprint density at radius 2 is 2.05 bits per heavy atom. The van der Waals surface area contributed by atoms with Crippen LogP contribution in [-0.2, 0) is 0 Å². The third kappa shape index (κ3) is 2.01. The van der Waals surface area contributed by atoms with E-state index < -0.39 is 0 Å². The summed E-state index contributed by atoms with van der Waals surface area (Å²) in [6.07, 6.45) is 3.79.